The number of piperazine rings is 1. The Bertz CT molecular complexity index is 611. The first-order chi connectivity index (χ1) is 10.8. The summed E-state index contributed by atoms with van der Waals surface area (Å²) in [5.41, 5.74) is 1.20. The Morgan fingerprint density at radius 2 is 2.05 bits per heavy atom. The van der Waals surface area contributed by atoms with Gasteiger partial charge < -0.3 is 14.7 Å². The molecule has 5 nitrogen and oxygen atoms in total. The Hall–Kier alpha value is -2.27. The number of nitrogens with zero attached hydrogens (tertiary/aromatic N) is 1. The van der Waals surface area contributed by atoms with E-state index >= 15 is 0 Å². The van der Waals surface area contributed by atoms with Crippen LogP contribution in [-0.4, -0.2) is 38.4 Å². The van der Waals surface area contributed by atoms with Crippen molar-refractivity contribution in [1.29, 1.82) is 0 Å². The SMILES string of the molecule is COc1cc(C[NH+]2CCN(c3cccc[nH+]3)CC2)ccc1O. The lowest BCUT2D eigenvalue weighted by atomic mass is 10.1. The minimum Gasteiger partial charge on any atom is -0.504 e. The van der Waals surface area contributed by atoms with E-state index < -0.39 is 0 Å². The molecule has 1 fully saturated rings. The molecule has 1 aliphatic rings. The second-order valence-corrected chi connectivity index (χ2v) is 5.67. The molecule has 0 unspecified atom stereocenters. The van der Waals surface area contributed by atoms with Gasteiger partial charge in [-0.1, -0.05) is 6.07 Å². The molecule has 0 bridgehead atoms. The number of quaternary nitrogens is 1. The number of rotatable bonds is 4. The number of benzene rings is 1. The van der Waals surface area contributed by atoms with Gasteiger partial charge in [-0.15, -0.1) is 0 Å². The molecule has 3 N–H and O–H groups in total. The summed E-state index contributed by atoms with van der Waals surface area (Å²) in [4.78, 5) is 7.24. The predicted octanol–water partition coefficient (Wildman–Crippen LogP) is 0.120. The van der Waals surface area contributed by atoms with Crippen LogP contribution in [0.3, 0.4) is 0 Å². The van der Waals surface area contributed by atoms with Gasteiger partial charge in [0.05, 0.1) is 13.3 Å². The Kier molecular flexibility index (Phi) is 4.44. The van der Waals surface area contributed by atoms with Crippen molar-refractivity contribution in [2.45, 2.75) is 6.54 Å². The summed E-state index contributed by atoms with van der Waals surface area (Å²) in [5, 5.41) is 9.66. The van der Waals surface area contributed by atoms with Gasteiger partial charge in [0.25, 0.3) is 5.82 Å². The number of nitrogens with one attached hydrogen (secondary N) is 2. The monoisotopic (exact) mass is 301 g/mol. The number of phenolic OH excluding ortho intramolecular Hbond substituents is 1. The molecule has 3 rings (SSSR count). The molecule has 1 aromatic carbocycles. The molecule has 1 aliphatic heterocycles. The van der Waals surface area contributed by atoms with Crippen molar-refractivity contribution in [2.24, 2.45) is 0 Å². The first kappa shape index (κ1) is 14.7. The van der Waals surface area contributed by atoms with Gasteiger partial charge in [-0.05, 0) is 24.3 Å². The van der Waals surface area contributed by atoms with Crippen molar-refractivity contribution in [2.75, 3.05) is 38.2 Å². The number of anilines is 1. The quantitative estimate of drug-likeness (QED) is 0.843. The Morgan fingerprint density at radius 3 is 2.73 bits per heavy atom. The first-order valence-electron chi connectivity index (χ1n) is 7.67. The number of hydrogen-bond donors (Lipinski definition) is 2. The van der Waals surface area contributed by atoms with Crippen molar-refractivity contribution in [1.82, 2.24) is 0 Å². The van der Waals surface area contributed by atoms with E-state index in [2.05, 4.69) is 22.0 Å². The molecule has 0 aliphatic carbocycles. The normalized spacial score (nSPS) is 15.8. The highest BCUT2D eigenvalue weighted by atomic mass is 16.5. The second-order valence-electron chi connectivity index (χ2n) is 5.67. The van der Waals surface area contributed by atoms with Gasteiger partial charge >= 0.3 is 0 Å². The fourth-order valence-corrected chi connectivity index (χ4v) is 2.94. The van der Waals surface area contributed by atoms with Gasteiger partial charge in [0.15, 0.2) is 11.5 Å². The Morgan fingerprint density at radius 1 is 1.23 bits per heavy atom. The molecular weight excluding hydrogens is 278 g/mol. The maximum absolute atomic E-state index is 9.66. The van der Waals surface area contributed by atoms with E-state index in [9.17, 15) is 5.11 Å². The number of aromatic hydroxyl groups is 1. The van der Waals surface area contributed by atoms with Crippen molar-refractivity contribution in [3.8, 4) is 11.5 Å². The molecule has 2 aromatic rings. The fourth-order valence-electron chi connectivity index (χ4n) is 2.94. The molecule has 0 spiro atoms. The molecule has 5 heteroatoms. The number of aromatic nitrogens is 1. The van der Waals surface area contributed by atoms with Gasteiger partial charge in [-0.25, -0.2) is 4.98 Å². The highest BCUT2D eigenvalue weighted by Crippen LogP contribution is 2.25. The van der Waals surface area contributed by atoms with Crippen LogP contribution in [0, 0.1) is 0 Å². The van der Waals surface area contributed by atoms with Crippen LogP contribution in [0.2, 0.25) is 0 Å². The van der Waals surface area contributed by atoms with Crippen LogP contribution < -0.4 is 19.5 Å². The highest BCUT2D eigenvalue weighted by molar-refractivity contribution is 5.41. The van der Waals surface area contributed by atoms with E-state index in [1.807, 2.05) is 24.4 Å². The summed E-state index contributed by atoms with van der Waals surface area (Å²) in [7, 11) is 1.58. The van der Waals surface area contributed by atoms with Gasteiger partial charge in [0.2, 0.25) is 0 Å². The summed E-state index contributed by atoms with van der Waals surface area (Å²) in [6.07, 6.45) is 1.97. The molecule has 1 aromatic heterocycles. The van der Waals surface area contributed by atoms with E-state index in [1.165, 1.54) is 11.4 Å². The van der Waals surface area contributed by atoms with E-state index in [1.54, 1.807) is 18.1 Å². The maximum Gasteiger partial charge on any atom is 0.274 e. The van der Waals surface area contributed by atoms with Gasteiger partial charge in [-0.3, -0.25) is 4.90 Å². The van der Waals surface area contributed by atoms with Crippen LogP contribution in [0.4, 0.5) is 5.82 Å². The van der Waals surface area contributed by atoms with E-state index in [4.69, 9.17) is 4.74 Å². The summed E-state index contributed by atoms with van der Waals surface area (Å²) in [6.45, 7) is 5.26. The van der Waals surface area contributed by atoms with Crippen molar-refractivity contribution in [3.63, 3.8) is 0 Å². The third kappa shape index (κ3) is 3.31. The lowest BCUT2D eigenvalue weighted by Gasteiger charge is -2.28. The summed E-state index contributed by atoms with van der Waals surface area (Å²) >= 11 is 0. The molecule has 0 radical (unpaired) electrons. The van der Waals surface area contributed by atoms with Crippen molar-refractivity contribution < 1.29 is 19.7 Å². The standard InChI is InChI=1S/C17H21N3O2/c1-22-16-12-14(5-6-15(16)21)13-19-8-10-20(11-9-19)17-4-2-3-7-18-17/h2-7,12,21H,8-11,13H2,1H3/p+2. The van der Waals surface area contributed by atoms with Gasteiger partial charge in [0, 0.05) is 11.6 Å². The zero-order chi connectivity index (χ0) is 15.4. The largest absolute Gasteiger partial charge is 0.504 e. The molecule has 22 heavy (non-hydrogen) atoms. The highest BCUT2D eigenvalue weighted by Gasteiger charge is 2.25. The molecule has 0 amide bonds. The third-order valence-electron chi connectivity index (χ3n) is 4.20. The zero-order valence-electron chi connectivity index (χ0n) is 12.9. The molecule has 2 heterocycles. The number of pyridine rings is 1. The zero-order valence-corrected chi connectivity index (χ0v) is 12.9. The first-order valence-corrected chi connectivity index (χ1v) is 7.67. The molecular formula is C17H23N3O2+2. The van der Waals surface area contributed by atoms with Gasteiger partial charge in [0.1, 0.15) is 32.7 Å². The number of methoxy groups -OCH3 is 1. The average molecular weight is 301 g/mol. The lowest BCUT2D eigenvalue weighted by molar-refractivity contribution is -0.914. The van der Waals surface area contributed by atoms with Crippen LogP contribution in [-0.2, 0) is 6.54 Å². The fraction of sp³-hybridized carbons (Fsp3) is 0.353. The third-order valence-corrected chi connectivity index (χ3v) is 4.20. The van der Waals surface area contributed by atoms with Crippen LogP contribution in [0.5, 0.6) is 11.5 Å². The number of H-pyrrole nitrogens is 1. The minimum atomic E-state index is 0.200. The van der Waals surface area contributed by atoms with Crippen LogP contribution in [0.15, 0.2) is 42.6 Å². The van der Waals surface area contributed by atoms with Gasteiger partial charge in [-0.2, -0.15) is 0 Å². The average Bonchev–Trinajstić information content (AvgIpc) is 2.58. The topological polar surface area (TPSA) is 51.3 Å². The minimum absolute atomic E-state index is 0.200. The smallest absolute Gasteiger partial charge is 0.274 e. The molecule has 116 valence electrons. The second kappa shape index (κ2) is 6.66. The number of ether oxygens (including phenoxy) is 1. The molecule has 1 saturated heterocycles. The summed E-state index contributed by atoms with van der Waals surface area (Å²) in [6, 6.07) is 11.8. The lowest BCUT2D eigenvalue weighted by Crippen LogP contribution is -3.13. The Balaban J connectivity index is 1.58. The number of phenols is 1. The van der Waals surface area contributed by atoms with Crippen molar-refractivity contribution >= 4 is 5.82 Å². The molecule has 0 atom stereocenters. The van der Waals surface area contributed by atoms with E-state index in [0.717, 1.165) is 32.7 Å². The number of aromatic amines is 1. The summed E-state index contributed by atoms with van der Waals surface area (Å²) in [5.74, 6) is 1.94. The predicted molar refractivity (Wildman–Crippen MR) is 84.3 cm³/mol. The van der Waals surface area contributed by atoms with Crippen molar-refractivity contribution in [3.05, 3.63) is 48.2 Å². The van der Waals surface area contributed by atoms with Crippen LogP contribution in [0.25, 0.3) is 0 Å². The van der Waals surface area contributed by atoms with E-state index in [-0.39, 0.29) is 5.75 Å². The molecule has 0 saturated carbocycles. The Labute approximate surface area is 130 Å². The van der Waals surface area contributed by atoms with E-state index in [0.29, 0.717) is 5.75 Å². The summed E-state index contributed by atoms with van der Waals surface area (Å²) < 4.78 is 5.18. The number of hydrogen-bond acceptors (Lipinski definition) is 3. The van der Waals surface area contributed by atoms with Crippen LogP contribution >= 0.6 is 0 Å². The van der Waals surface area contributed by atoms with Crippen LogP contribution in [0.1, 0.15) is 5.56 Å². The maximum atomic E-state index is 9.66.